The lowest BCUT2D eigenvalue weighted by Gasteiger charge is -2.17. The van der Waals surface area contributed by atoms with Crippen LogP contribution in [0.15, 0.2) is 48.7 Å². The third-order valence-electron chi connectivity index (χ3n) is 4.54. The highest BCUT2D eigenvalue weighted by molar-refractivity contribution is 5.94. The molecule has 30 heavy (non-hydrogen) atoms. The normalized spacial score (nSPS) is 11.5. The second-order valence-corrected chi connectivity index (χ2v) is 6.63. The third-order valence-corrected chi connectivity index (χ3v) is 4.54. The van der Waals surface area contributed by atoms with Crippen LogP contribution < -0.4 is 16.0 Å². The van der Waals surface area contributed by atoms with Crippen molar-refractivity contribution >= 4 is 17.5 Å². The number of benzene rings is 1. The zero-order chi connectivity index (χ0) is 21.5. The average Bonchev–Trinajstić information content (AvgIpc) is 3.12. The topological polar surface area (TPSA) is 108 Å². The first-order valence-electron chi connectivity index (χ1n) is 9.34. The van der Waals surface area contributed by atoms with Gasteiger partial charge in [0, 0.05) is 31.9 Å². The van der Waals surface area contributed by atoms with E-state index in [0.717, 1.165) is 11.1 Å². The van der Waals surface area contributed by atoms with Crippen molar-refractivity contribution in [2.45, 2.75) is 12.5 Å². The van der Waals surface area contributed by atoms with Crippen LogP contribution in [-0.4, -0.2) is 40.3 Å². The lowest BCUT2D eigenvalue weighted by molar-refractivity contribution is -0.118. The molecule has 2 heterocycles. The Morgan fingerprint density at radius 3 is 2.73 bits per heavy atom. The van der Waals surface area contributed by atoms with E-state index in [9.17, 15) is 9.18 Å². The first-order valence-corrected chi connectivity index (χ1v) is 9.34. The highest BCUT2D eigenvalue weighted by atomic mass is 19.1. The van der Waals surface area contributed by atoms with Gasteiger partial charge in [0.15, 0.2) is 0 Å². The van der Waals surface area contributed by atoms with Gasteiger partial charge in [-0.25, -0.2) is 9.37 Å². The van der Waals surface area contributed by atoms with E-state index in [-0.39, 0.29) is 18.3 Å². The van der Waals surface area contributed by atoms with Crippen LogP contribution in [0.4, 0.5) is 16.0 Å². The number of carbonyl (C=O) groups excluding carboxylic acids is 1. The summed E-state index contributed by atoms with van der Waals surface area (Å²) in [6, 6.07) is 12.7. The molecule has 0 bridgehead atoms. The number of aromatic nitrogens is 3. The third kappa shape index (κ3) is 5.18. The maximum Gasteiger partial charge on any atom is 0.243 e. The molecular weight excluding hydrogens is 385 g/mol. The van der Waals surface area contributed by atoms with Crippen LogP contribution in [0.5, 0.6) is 0 Å². The molecule has 0 aliphatic rings. The summed E-state index contributed by atoms with van der Waals surface area (Å²) >= 11 is 0. The molecule has 0 aliphatic carbocycles. The minimum absolute atomic E-state index is 0.0136. The Morgan fingerprint density at radius 2 is 2.03 bits per heavy atom. The van der Waals surface area contributed by atoms with Crippen LogP contribution in [0.2, 0.25) is 0 Å². The highest BCUT2D eigenvalue weighted by Gasteiger charge is 2.20. The number of pyridine rings is 1. The van der Waals surface area contributed by atoms with Crippen molar-refractivity contribution in [3.8, 4) is 17.3 Å². The number of aryl methyl sites for hydroxylation is 1. The van der Waals surface area contributed by atoms with E-state index < -0.39 is 6.04 Å². The Morgan fingerprint density at radius 1 is 1.27 bits per heavy atom. The molecule has 1 atom stereocenters. The van der Waals surface area contributed by atoms with Gasteiger partial charge in [0.05, 0.1) is 24.3 Å². The van der Waals surface area contributed by atoms with E-state index in [0.29, 0.717) is 23.8 Å². The maximum atomic E-state index is 13.2. The predicted molar refractivity (Wildman–Crippen MR) is 112 cm³/mol. The molecule has 1 amide bonds. The Bertz CT molecular complexity index is 1060. The fourth-order valence-electron chi connectivity index (χ4n) is 2.95. The van der Waals surface area contributed by atoms with Gasteiger partial charge in [-0.1, -0.05) is 12.1 Å². The van der Waals surface area contributed by atoms with Gasteiger partial charge in [0.1, 0.15) is 17.5 Å². The van der Waals surface area contributed by atoms with Gasteiger partial charge in [0.25, 0.3) is 0 Å². The van der Waals surface area contributed by atoms with Crippen LogP contribution in [0.1, 0.15) is 5.56 Å². The molecule has 0 aliphatic heterocycles. The summed E-state index contributed by atoms with van der Waals surface area (Å²) in [7, 11) is 3.52. The van der Waals surface area contributed by atoms with Crippen molar-refractivity contribution in [2.75, 3.05) is 24.2 Å². The predicted octanol–water partition coefficient (Wildman–Crippen LogP) is 2.33. The average molecular weight is 407 g/mol. The maximum absolute atomic E-state index is 13.2. The fraction of sp³-hybridized carbons (Fsp3) is 0.238. The van der Waals surface area contributed by atoms with Gasteiger partial charge < -0.3 is 10.6 Å². The molecule has 3 N–H and O–H groups in total. The van der Waals surface area contributed by atoms with Crippen LogP contribution in [0.3, 0.4) is 0 Å². The molecular formula is C21H22FN7O. The molecule has 3 rings (SSSR count). The van der Waals surface area contributed by atoms with Crippen LogP contribution >= 0.6 is 0 Å². The summed E-state index contributed by atoms with van der Waals surface area (Å²) < 4.78 is 14.7. The number of hydrogen-bond donors (Lipinski definition) is 3. The first-order chi connectivity index (χ1) is 14.5. The van der Waals surface area contributed by atoms with Crippen molar-refractivity contribution in [3.63, 3.8) is 0 Å². The highest BCUT2D eigenvalue weighted by Crippen LogP contribution is 2.23. The van der Waals surface area contributed by atoms with E-state index in [2.05, 4.69) is 26.0 Å². The van der Waals surface area contributed by atoms with E-state index in [1.54, 1.807) is 43.2 Å². The smallest absolute Gasteiger partial charge is 0.243 e. The van der Waals surface area contributed by atoms with Gasteiger partial charge in [0.2, 0.25) is 5.91 Å². The van der Waals surface area contributed by atoms with Crippen molar-refractivity contribution in [3.05, 3.63) is 60.0 Å². The summed E-state index contributed by atoms with van der Waals surface area (Å²) in [5.74, 6) is 0.573. The minimum atomic E-state index is -0.662. The number of amides is 1. The summed E-state index contributed by atoms with van der Waals surface area (Å²) in [6.07, 6.45) is 1.99. The molecule has 0 fully saturated rings. The molecule has 1 aromatic carbocycles. The van der Waals surface area contributed by atoms with E-state index in [1.165, 1.54) is 12.1 Å². The number of nitriles is 1. The SMILES string of the molecule is CNc1cc(-c2cc(NC(=O)C(Cc3ccc(F)cc3)NCC#N)n(C)n2)ccn1. The number of hydrogen-bond acceptors (Lipinski definition) is 6. The molecule has 154 valence electrons. The molecule has 8 nitrogen and oxygen atoms in total. The summed E-state index contributed by atoms with van der Waals surface area (Å²) in [4.78, 5) is 17.1. The Labute approximate surface area is 173 Å². The molecule has 9 heteroatoms. The molecule has 0 saturated carbocycles. The molecule has 1 unspecified atom stereocenters. The largest absolute Gasteiger partial charge is 0.373 e. The number of rotatable bonds is 8. The molecule has 3 aromatic rings. The molecule has 0 radical (unpaired) electrons. The van der Waals surface area contributed by atoms with Gasteiger partial charge in [-0.15, -0.1) is 0 Å². The zero-order valence-electron chi connectivity index (χ0n) is 16.7. The first kappa shape index (κ1) is 21.0. The minimum Gasteiger partial charge on any atom is -0.373 e. The molecule has 2 aromatic heterocycles. The summed E-state index contributed by atoms with van der Waals surface area (Å²) in [6.45, 7) is 0.0136. The number of nitrogens with zero attached hydrogens (tertiary/aromatic N) is 4. The number of carbonyl (C=O) groups is 1. The number of nitrogens with one attached hydrogen (secondary N) is 3. The second kappa shape index (κ2) is 9.62. The van der Waals surface area contributed by atoms with Crippen molar-refractivity contribution in [1.82, 2.24) is 20.1 Å². The molecule has 0 spiro atoms. The second-order valence-electron chi connectivity index (χ2n) is 6.63. The van der Waals surface area contributed by atoms with Crippen molar-refractivity contribution in [2.24, 2.45) is 7.05 Å². The molecule has 0 saturated heterocycles. The van der Waals surface area contributed by atoms with Gasteiger partial charge in [-0.3, -0.25) is 14.8 Å². The van der Waals surface area contributed by atoms with Crippen LogP contribution in [0.25, 0.3) is 11.3 Å². The Hall–Kier alpha value is -3.77. The van der Waals surface area contributed by atoms with Gasteiger partial charge >= 0.3 is 0 Å². The quantitative estimate of drug-likeness (QED) is 0.495. The lowest BCUT2D eigenvalue weighted by atomic mass is 10.1. The van der Waals surface area contributed by atoms with E-state index in [1.807, 2.05) is 18.2 Å². The van der Waals surface area contributed by atoms with Gasteiger partial charge in [-0.05, 0) is 36.2 Å². The van der Waals surface area contributed by atoms with Crippen molar-refractivity contribution < 1.29 is 9.18 Å². The monoisotopic (exact) mass is 407 g/mol. The van der Waals surface area contributed by atoms with Crippen molar-refractivity contribution in [1.29, 1.82) is 5.26 Å². The zero-order valence-corrected chi connectivity index (χ0v) is 16.7. The van der Waals surface area contributed by atoms with E-state index in [4.69, 9.17) is 5.26 Å². The standard InChI is InChI=1S/C21H22FN7O/c1-24-19-12-15(7-9-26-19)17-13-20(29(2)28-17)27-21(30)18(25-10-8-23)11-14-3-5-16(22)6-4-14/h3-7,9,12-13,18,25H,10-11H2,1-2H3,(H,24,26)(H,27,30). The lowest BCUT2D eigenvalue weighted by Crippen LogP contribution is -2.42. The Balaban J connectivity index is 1.77. The summed E-state index contributed by atoms with van der Waals surface area (Å²) in [5, 5.41) is 22.1. The van der Waals surface area contributed by atoms with E-state index >= 15 is 0 Å². The summed E-state index contributed by atoms with van der Waals surface area (Å²) in [5.41, 5.74) is 2.33. The van der Waals surface area contributed by atoms with Crippen LogP contribution in [0, 0.1) is 17.1 Å². The fourth-order valence-corrected chi connectivity index (χ4v) is 2.95. The van der Waals surface area contributed by atoms with Gasteiger partial charge in [-0.2, -0.15) is 10.4 Å². The van der Waals surface area contributed by atoms with Crippen LogP contribution in [-0.2, 0) is 18.3 Å². The number of halogens is 1. The number of anilines is 2. The Kier molecular flexibility index (Phi) is 6.72.